The Morgan fingerprint density at radius 1 is 1.27 bits per heavy atom. The van der Waals surface area contributed by atoms with E-state index in [4.69, 9.17) is 0 Å². The maximum atomic E-state index is 12.0. The van der Waals surface area contributed by atoms with E-state index in [-0.39, 0.29) is 11.7 Å². The van der Waals surface area contributed by atoms with Crippen LogP contribution >= 0.6 is 0 Å². The molecule has 1 rings (SSSR count). The zero-order chi connectivity index (χ0) is 16.8. The Balaban J connectivity index is 2.37. The van der Waals surface area contributed by atoms with Crippen molar-refractivity contribution < 1.29 is 22.7 Å². The molecule has 0 aromatic heterocycles. The molecule has 0 aliphatic rings. The normalized spacial score (nSPS) is 12.9. The Bertz CT molecular complexity index is 614. The first kappa shape index (κ1) is 18.6. The molecule has 0 heterocycles. The van der Waals surface area contributed by atoms with Gasteiger partial charge in [-0.1, -0.05) is 12.1 Å². The monoisotopic (exact) mass is 328 g/mol. The summed E-state index contributed by atoms with van der Waals surface area (Å²) in [5.74, 6) is -0.419. The van der Waals surface area contributed by atoms with Crippen LogP contribution in [0.25, 0.3) is 0 Å². The third kappa shape index (κ3) is 7.02. The van der Waals surface area contributed by atoms with E-state index in [1.54, 1.807) is 0 Å². The standard InChI is InChI=1S/C15H24N2O4S/c1-12-7-6-8-14(13(12)2)16-15(18)11-17(3)9-4-5-10-22(19,20)21/h6-8H,4-5,9-11H2,1-3H3,(H,16,18)(H,19,20,21). The largest absolute Gasteiger partial charge is 0.748 e. The van der Waals surface area contributed by atoms with Gasteiger partial charge in [0.15, 0.2) is 6.54 Å². The number of amides is 1. The van der Waals surface area contributed by atoms with E-state index in [2.05, 4.69) is 5.32 Å². The molecule has 0 aliphatic heterocycles. The molecule has 1 amide bonds. The average molecular weight is 328 g/mol. The molecule has 0 fully saturated rings. The number of unbranched alkanes of at least 4 members (excludes halogenated alkanes) is 1. The van der Waals surface area contributed by atoms with Gasteiger partial charge in [-0.3, -0.25) is 4.79 Å². The van der Waals surface area contributed by atoms with Crippen molar-refractivity contribution in [3.8, 4) is 0 Å². The van der Waals surface area contributed by atoms with Gasteiger partial charge in [0.05, 0.1) is 23.7 Å². The van der Waals surface area contributed by atoms with Gasteiger partial charge in [-0.25, -0.2) is 8.42 Å². The van der Waals surface area contributed by atoms with Crippen LogP contribution in [0.1, 0.15) is 24.0 Å². The summed E-state index contributed by atoms with van der Waals surface area (Å²) in [6.07, 6.45) is 0.936. The molecule has 0 radical (unpaired) electrons. The lowest BCUT2D eigenvalue weighted by Gasteiger charge is -2.15. The fourth-order valence-electron chi connectivity index (χ4n) is 2.15. The van der Waals surface area contributed by atoms with Gasteiger partial charge in [0.1, 0.15) is 0 Å². The van der Waals surface area contributed by atoms with Crippen LogP contribution in [0.15, 0.2) is 18.2 Å². The number of carbonyl (C=O) groups excluding carboxylic acids is 1. The summed E-state index contributed by atoms with van der Waals surface area (Å²) in [6, 6.07) is 5.76. The van der Waals surface area contributed by atoms with Gasteiger partial charge in [-0.15, -0.1) is 0 Å². The maximum Gasteiger partial charge on any atom is 0.279 e. The molecular formula is C15H24N2O4S. The second kappa shape index (κ2) is 8.26. The van der Waals surface area contributed by atoms with Crippen LogP contribution in [0, 0.1) is 13.8 Å². The highest BCUT2D eigenvalue weighted by atomic mass is 32.2. The minimum absolute atomic E-state index is 0.0809. The minimum Gasteiger partial charge on any atom is -0.748 e. The van der Waals surface area contributed by atoms with Crippen LogP contribution in [-0.4, -0.2) is 44.8 Å². The van der Waals surface area contributed by atoms with Crippen LogP contribution in [-0.2, 0) is 14.9 Å². The molecule has 124 valence electrons. The zero-order valence-corrected chi connectivity index (χ0v) is 14.1. The first-order valence-electron chi connectivity index (χ1n) is 7.30. The van der Waals surface area contributed by atoms with E-state index >= 15 is 0 Å². The Labute approximate surface area is 132 Å². The van der Waals surface area contributed by atoms with Crippen LogP contribution in [0.2, 0.25) is 0 Å². The fourth-order valence-corrected chi connectivity index (χ4v) is 2.71. The van der Waals surface area contributed by atoms with Gasteiger partial charge >= 0.3 is 0 Å². The first-order valence-corrected chi connectivity index (χ1v) is 8.87. The van der Waals surface area contributed by atoms with Crippen molar-refractivity contribution >= 4 is 21.7 Å². The Kier molecular flexibility index (Phi) is 6.99. The molecule has 7 heteroatoms. The van der Waals surface area contributed by atoms with Gasteiger partial charge in [0, 0.05) is 11.4 Å². The second-order valence-corrected chi connectivity index (χ2v) is 7.17. The smallest absolute Gasteiger partial charge is 0.279 e. The lowest BCUT2D eigenvalue weighted by atomic mass is 10.1. The van der Waals surface area contributed by atoms with Crippen LogP contribution in [0.4, 0.5) is 5.69 Å². The quantitative estimate of drug-likeness (QED) is 0.522. The molecule has 0 spiro atoms. The minimum atomic E-state index is -4.13. The third-order valence-corrected chi connectivity index (χ3v) is 4.38. The number of likely N-dealkylation sites (N-methyl/N-ethyl adjacent to an activating group) is 1. The van der Waals surface area contributed by atoms with Crippen molar-refractivity contribution in [1.29, 1.82) is 0 Å². The molecule has 1 unspecified atom stereocenters. The van der Waals surface area contributed by atoms with Gasteiger partial charge < -0.3 is 14.8 Å². The number of benzene rings is 1. The summed E-state index contributed by atoms with van der Waals surface area (Å²) in [4.78, 5) is 13.0. The van der Waals surface area contributed by atoms with Crippen molar-refractivity contribution in [2.75, 3.05) is 31.2 Å². The summed E-state index contributed by atoms with van der Waals surface area (Å²) >= 11 is 0. The predicted octanol–water partition coefficient (Wildman–Crippen LogP) is 0.0820. The van der Waals surface area contributed by atoms with Gasteiger partial charge in [0.25, 0.3) is 5.91 Å². The van der Waals surface area contributed by atoms with Crippen molar-refractivity contribution in [2.45, 2.75) is 26.7 Å². The third-order valence-electron chi connectivity index (χ3n) is 3.59. The SMILES string of the molecule is Cc1cccc(NC(=O)C[NH+](C)CCCCS(=O)(=O)[O-])c1C. The van der Waals surface area contributed by atoms with E-state index in [1.807, 2.05) is 39.1 Å². The second-order valence-electron chi connectivity index (χ2n) is 5.65. The van der Waals surface area contributed by atoms with E-state index < -0.39 is 10.1 Å². The van der Waals surface area contributed by atoms with Gasteiger partial charge in [0.2, 0.25) is 0 Å². The number of hydrogen-bond acceptors (Lipinski definition) is 4. The first-order chi connectivity index (χ1) is 10.2. The van der Waals surface area contributed by atoms with E-state index in [0.717, 1.165) is 21.7 Å². The molecule has 1 atom stereocenters. The average Bonchev–Trinajstić information content (AvgIpc) is 2.39. The summed E-state index contributed by atoms with van der Waals surface area (Å²) in [6.45, 7) is 4.91. The van der Waals surface area contributed by atoms with E-state index in [9.17, 15) is 17.8 Å². The molecule has 0 aliphatic carbocycles. The molecule has 1 aromatic carbocycles. The summed E-state index contributed by atoms with van der Waals surface area (Å²) in [5, 5.41) is 2.89. The van der Waals surface area contributed by atoms with E-state index in [1.165, 1.54) is 0 Å². The highest BCUT2D eigenvalue weighted by Crippen LogP contribution is 2.17. The number of quaternary nitrogens is 1. The molecule has 0 saturated heterocycles. The van der Waals surface area contributed by atoms with Crippen LogP contribution in [0.3, 0.4) is 0 Å². The van der Waals surface area contributed by atoms with Gasteiger partial charge in [-0.2, -0.15) is 0 Å². The molecule has 0 saturated carbocycles. The molecule has 6 nitrogen and oxygen atoms in total. The van der Waals surface area contributed by atoms with Crippen molar-refractivity contribution in [3.63, 3.8) is 0 Å². The number of rotatable bonds is 8. The fraction of sp³-hybridized carbons (Fsp3) is 0.533. The Hall–Kier alpha value is -1.44. The highest BCUT2D eigenvalue weighted by Gasteiger charge is 2.11. The Morgan fingerprint density at radius 2 is 1.95 bits per heavy atom. The molecule has 2 N–H and O–H groups in total. The van der Waals surface area contributed by atoms with Crippen molar-refractivity contribution in [1.82, 2.24) is 0 Å². The number of carbonyl (C=O) groups is 1. The van der Waals surface area contributed by atoms with Crippen molar-refractivity contribution in [3.05, 3.63) is 29.3 Å². The van der Waals surface area contributed by atoms with E-state index in [0.29, 0.717) is 25.9 Å². The zero-order valence-electron chi connectivity index (χ0n) is 13.3. The summed E-state index contributed by atoms with van der Waals surface area (Å²) in [7, 11) is -2.26. The van der Waals surface area contributed by atoms with Gasteiger partial charge in [-0.05, 0) is 43.9 Å². The Morgan fingerprint density at radius 3 is 2.59 bits per heavy atom. The summed E-state index contributed by atoms with van der Waals surface area (Å²) < 4.78 is 31.5. The predicted molar refractivity (Wildman–Crippen MR) is 85.0 cm³/mol. The molecule has 0 bridgehead atoms. The topological polar surface area (TPSA) is 90.7 Å². The van der Waals surface area contributed by atoms with Crippen LogP contribution in [0.5, 0.6) is 0 Å². The summed E-state index contributed by atoms with van der Waals surface area (Å²) in [5.41, 5.74) is 2.99. The number of nitrogens with one attached hydrogen (secondary N) is 2. The number of aryl methyl sites for hydroxylation is 1. The van der Waals surface area contributed by atoms with Crippen molar-refractivity contribution in [2.24, 2.45) is 0 Å². The number of hydrogen-bond donors (Lipinski definition) is 2. The highest BCUT2D eigenvalue weighted by molar-refractivity contribution is 7.85. The lowest BCUT2D eigenvalue weighted by molar-refractivity contribution is -0.871. The lowest BCUT2D eigenvalue weighted by Crippen LogP contribution is -3.10. The molecule has 1 aromatic rings. The molecule has 22 heavy (non-hydrogen) atoms. The molecular weight excluding hydrogens is 304 g/mol. The number of anilines is 1. The maximum absolute atomic E-state index is 12.0. The van der Waals surface area contributed by atoms with Crippen LogP contribution < -0.4 is 10.2 Å².